The Bertz CT molecular complexity index is 567. The molecule has 0 bridgehead atoms. The summed E-state index contributed by atoms with van der Waals surface area (Å²) in [5.41, 5.74) is 0.165. The lowest BCUT2D eigenvalue weighted by Gasteiger charge is -2.03. The Morgan fingerprint density at radius 1 is 1.47 bits per heavy atom. The molecule has 1 N–H and O–H groups in total. The second-order valence-corrected chi connectivity index (χ2v) is 4.31. The summed E-state index contributed by atoms with van der Waals surface area (Å²) < 4.78 is 1.78. The van der Waals surface area contributed by atoms with E-state index in [1.807, 2.05) is 14.0 Å². The van der Waals surface area contributed by atoms with Gasteiger partial charge in [0.25, 0.3) is 0 Å². The molecule has 0 aliphatic carbocycles. The summed E-state index contributed by atoms with van der Waals surface area (Å²) in [6, 6.07) is 3.11. The smallest absolute Gasteiger partial charge is 0.338 e. The lowest BCUT2D eigenvalue weighted by Crippen LogP contribution is -2.01. The molecule has 88 valence electrons. The Morgan fingerprint density at radius 3 is 2.82 bits per heavy atom. The van der Waals surface area contributed by atoms with E-state index in [4.69, 9.17) is 5.11 Å². The van der Waals surface area contributed by atoms with E-state index in [9.17, 15) is 4.79 Å². The molecule has 0 spiro atoms. The van der Waals surface area contributed by atoms with Crippen LogP contribution in [0.15, 0.2) is 28.5 Å². The van der Waals surface area contributed by atoms with E-state index < -0.39 is 5.97 Å². The van der Waals surface area contributed by atoms with Gasteiger partial charge in [0.1, 0.15) is 10.9 Å². The highest BCUT2D eigenvalue weighted by molar-refractivity contribution is 7.99. The van der Waals surface area contributed by atoms with Crippen molar-refractivity contribution in [3.8, 4) is 0 Å². The van der Waals surface area contributed by atoms with Gasteiger partial charge in [-0.1, -0.05) is 0 Å². The fraction of sp³-hybridized carbons (Fsp3) is 0.200. The first-order valence-corrected chi connectivity index (χ1v) is 5.63. The van der Waals surface area contributed by atoms with Crippen LogP contribution in [0.4, 0.5) is 0 Å². The Morgan fingerprint density at radius 2 is 2.24 bits per heavy atom. The molecule has 6 nitrogen and oxygen atoms in total. The molecular weight excluding hydrogens is 240 g/mol. The molecule has 0 amide bonds. The normalized spacial score (nSPS) is 10.5. The molecule has 2 rings (SSSR count). The summed E-state index contributed by atoms with van der Waals surface area (Å²) in [6.45, 7) is 1.83. The third-order valence-electron chi connectivity index (χ3n) is 2.24. The van der Waals surface area contributed by atoms with Gasteiger partial charge in [-0.3, -0.25) is 0 Å². The zero-order valence-electron chi connectivity index (χ0n) is 9.28. The molecule has 2 heterocycles. The van der Waals surface area contributed by atoms with Gasteiger partial charge in [0.05, 0.1) is 5.56 Å². The second-order valence-electron chi connectivity index (χ2n) is 3.35. The third kappa shape index (κ3) is 2.28. The first kappa shape index (κ1) is 11.6. The lowest BCUT2D eigenvalue weighted by molar-refractivity contribution is 0.0692. The zero-order valence-corrected chi connectivity index (χ0v) is 10.1. The molecule has 0 aliphatic rings. The van der Waals surface area contributed by atoms with Crippen molar-refractivity contribution in [1.29, 1.82) is 0 Å². The Balaban J connectivity index is 2.36. The first-order chi connectivity index (χ1) is 8.09. The molecule has 0 atom stereocenters. The molecule has 0 unspecified atom stereocenters. The molecule has 2 aromatic rings. The van der Waals surface area contributed by atoms with Gasteiger partial charge in [0.15, 0.2) is 5.16 Å². The largest absolute Gasteiger partial charge is 0.478 e. The Labute approximate surface area is 102 Å². The van der Waals surface area contributed by atoms with Crippen molar-refractivity contribution in [1.82, 2.24) is 19.7 Å². The molecule has 0 aliphatic heterocycles. The third-order valence-corrected chi connectivity index (χ3v) is 3.30. The van der Waals surface area contributed by atoms with Gasteiger partial charge in [-0.2, -0.15) is 0 Å². The van der Waals surface area contributed by atoms with Crippen LogP contribution in [0.2, 0.25) is 0 Å². The molecular formula is C10H10N4O2S. The number of carboxylic acid groups (broad SMARTS) is 1. The summed E-state index contributed by atoms with van der Waals surface area (Å²) in [4.78, 5) is 15.1. The predicted molar refractivity (Wildman–Crippen MR) is 61.1 cm³/mol. The van der Waals surface area contributed by atoms with E-state index in [1.54, 1.807) is 16.8 Å². The standard InChI is InChI=1S/C10H10N4O2S/c1-6-12-13-10(14(6)2)17-8-7(9(15)16)4-3-5-11-8/h3-5H,1-2H3,(H,15,16). The van der Waals surface area contributed by atoms with Crippen LogP contribution in [-0.4, -0.2) is 30.8 Å². The van der Waals surface area contributed by atoms with Crippen LogP contribution in [0.5, 0.6) is 0 Å². The number of hydrogen-bond donors (Lipinski definition) is 1. The van der Waals surface area contributed by atoms with E-state index in [-0.39, 0.29) is 5.56 Å². The number of nitrogens with zero attached hydrogens (tertiary/aromatic N) is 4. The molecule has 0 fully saturated rings. The van der Waals surface area contributed by atoms with Crippen molar-refractivity contribution in [2.45, 2.75) is 17.1 Å². The van der Waals surface area contributed by atoms with Gasteiger partial charge < -0.3 is 9.67 Å². The predicted octanol–water partition coefficient (Wildman–Crippen LogP) is 1.37. The van der Waals surface area contributed by atoms with Crippen LogP contribution in [0.1, 0.15) is 16.2 Å². The van der Waals surface area contributed by atoms with Gasteiger partial charge in [0.2, 0.25) is 0 Å². The molecule has 7 heteroatoms. The van der Waals surface area contributed by atoms with Crippen LogP contribution in [0, 0.1) is 6.92 Å². The Kier molecular flexibility index (Phi) is 3.10. The molecule has 17 heavy (non-hydrogen) atoms. The Hall–Kier alpha value is -1.89. The van der Waals surface area contributed by atoms with E-state index >= 15 is 0 Å². The minimum absolute atomic E-state index is 0.165. The molecule has 0 saturated heterocycles. The van der Waals surface area contributed by atoms with Crippen molar-refractivity contribution in [2.75, 3.05) is 0 Å². The van der Waals surface area contributed by atoms with Gasteiger partial charge in [-0.25, -0.2) is 9.78 Å². The number of pyridine rings is 1. The van der Waals surface area contributed by atoms with Crippen LogP contribution >= 0.6 is 11.8 Å². The summed E-state index contributed by atoms with van der Waals surface area (Å²) in [6.07, 6.45) is 1.55. The summed E-state index contributed by atoms with van der Waals surface area (Å²) in [7, 11) is 1.82. The maximum Gasteiger partial charge on any atom is 0.338 e. The minimum atomic E-state index is -1.00. The quantitative estimate of drug-likeness (QED) is 0.886. The van der Waals surface area contributed by atoms with E-state index in [0.29, 0.717) is 10.2 Å². The topological polar surface area (TPSA) is 80.9 Å². The van der Waals surface area contributed by atoms with Gasteiger partial charge in [0, 0.05) is 13.2 Å². The monoisotopic (exact) mass is 250 g/mol. The van der Waals surface area contributed by atoms with Crippen LogP contribution in [-0.2, 0) is 7.05 Å². The minimum Gasteiger partial charge on any atom is -0.478 e. The summed E-state index contributed by atoms with van der Waals surface area (Å²) in [5.74, 6) is -0.236. The van der Waals surface area contributed by atoms with Crippen LogP contribution < -0.4 is 0 Å². The first-order valence-electron chi connectivity index (χ1n) is 4.81. The number of rotatable bonds is 3. The highest BCUT2D eigenvalue weighted by Gasteiger charge is 2.15. The number of aromatic carboxylic acids is 1. The fourth-order valence-electron chi connectivity index (χ4n) is 1.20. The van der Waals surface area contributed by atoms with Crippen molar-refractivity contribution in [2.24, 2.45) is 7.05 Å². The number of carboxylic acids is 1. The summed E-state index contributed by atoms with van der Waals surface area (Å²) >= 11 is 1.19. The average Bonchev–Trinajstić information content (AvgIpc) is 2.61. The van der Waals surface area contributed by atoms with Gasteiger partial charge in [-0.05, 0) is 30.8 Å². The summed E-state index contributed by atoms with van der Waals surface area (Å²) in [5, 5.41) is 17.9. The molecule has 0 aromatic carbocycles. The van der Waals surface area contributed by atoms with Crippen molar-refractivity contribution in [3.05, 3.63) is 29.7 Å². The number of carbonyl (C=O) groups is 1. The SMILES string of the molecule is Cc1nnc(Sc2ncccc2C(=O)O)n1C. The highest BCUT2D eigenvalue weighted by atomic mass is 32.2. The van der Waals surface area contributed by atoms with Crippen molar-refractivity contribution < 1.29 is 9.90 Å². The number of aryl methyl sites for hydroxylation is 1. The van der Waals surface area contributed by atoms with Crippen molar-refractivity contribution >= 4 is 17.7 Å². The second kappa shape index (κ2) is 4.54. The number of hydrogen-bond acceptors (Lipinski definition) is 5. The van der Waals surface area contributed by atoms with Crippen LogP contribution in [0.3, 0.4) is 0 Å². The maximum atomic E-state index is 11.0. The van der Waals surface area contributed by atoms with E-state index in [1.165, 1.54) is 17.8 Å². The maximum absolute atomic E-state index is 11.0. The van der Waals surface area contributed by atoms with Gasteiger partial charge >= 0.3 is 5.97 Å². The number of aromatic nitrogens is 4. The van der Waals surface area contributed by atoms with Crippen molar-refractivity contribution in [3.63, 3.8) is 0 Å². The van der Waals surface area contributed by atoms with E-state index in [0.717, 1.165) is 5.82 Å². The van der Waals surface area contributed by atoms with Gasteiger partial charge in [-0.15, -0.1) is 10.2 Å². The zero-order chi connectivity index (χ0) is 12.4. The molecule has 0 saturated carbocycles. The highest BCUT2D eigenvalue weighted by Crippen LogP contribution is 2.26. The molecule has 0 radical (unpaired) electrons. The fourth-order valence-corrected chi connectivity index (χ4v) is 2.10. The van der Waals surface area contributed by atoms with E-state index in [2.05, 4.69) is 15.2 Å². The van der Waals surface area contributed by atoms with Crippen LogP contribution in [0.25, 0.3) is 0 Å². The lowest BCUT2D eigenvalue weighted by atomic mass is 10.3. The average molecular weight is 250 g/mol. The molecule has 2 aromatic heterocycles.